The van der Waals surface area contributed by atoms with E-state index < -0.39 is 0 Å². The van der Waals surface area contributed by atoms with Crippen molar-refractivity contribution in [3.63, 3.8) is 0 Å². The van der Waals surface area contributed by atoms with Crippen LogP contribution in [0.1, 0.15) is 60.3 Å². The molecule has 1 fully saturated rings. The van der Waals surface area contributed by atoms with Gasteiger partial charge in [0.05, 0.1) is 0 Å². The summed E-state index contributed by atoms with van der Waals surface area (Å²) in [6, 6.07) is 10.4. The largest absolute Gasteiger partial charge is 0.361 e. The molecule has 1 aliphatic carbocycles. The molecule has 0 radical (unpaired) electrons. The second-order valence-corrected chi connectivity index (χ2v) is 7.92. The van der Waals surface area contributed by atoms with Crippen molar-refractivity contribution in [2.75, 3.05) is 11.9 Å². The SMILES string of the molecule is Cc1cc(C(=O)NCCc2c[nH]c3ccccc23)nc(NC2CCCCCC2)n1. The summed E-state index contributed by atoms with van der Waals surface area (Å²) in [4.78, 5) is 24.9. The van der Waals surface area contributed by atoms with Crippen molar-refractivity contribution >= 4 is 22.8 Å². The maximum atomic E-state index is 12.7. The molecule has 0 saturated heterocycles. The van der Waals surface area contributed by atoms with E-state index in [-0.39, 0.29) is 5.91 Å². The number of carbonyl (C=O) groups excluding carboxylic acids is 1. The predicted octanol–water partition coefficient (Wildman–Crippen LogP) is 4.37. The van der Waals surface area contributed by atoms with Crippen molar-refractivity contribution in [1.82, 2.24) is 20.3 Å². The maximum Gasteiger partial charge on any atom is 0.270 e. The zero-order valence-corrected chi connectivity index (χ0v) is 17.0. The highest BCUT2D eigenvalue weighted by molar-refractivity contribution is 5.92. The van der Waals surface area contributed by atoms with Crippen LogP contribution in [0.3, 0.4) is 0 Å². The minimum Gasteiger partial charge on any atom is -0.361 e. The molecule has 1 aliphatic rings. The molecule has 0 aliphatic heterocycles. The van der Waals surface area contributed by atoms with Crippen LogP contribution in [0.4, 0.5) is 5.95 Å². The van der Waals surface area contributed by atoms with Gasteiger partial charge in [-0.15, -0.1) is 0 Å². The number of carbonyl (C=O) groups is 1. The van der Waals surface area contributed by atoms with Crippen molar-refractivity contribution < 1.29 is 4.79 Å². The number of amides is 1. The van der Waals surface area contributed by atoms with E-state index in [0.29, 0.717) is 24.2 Å². The molecule has 0 spiro atoms. The number of para-hydroxylation sites is 1. The molecular weight excluding hydrogens is 362 g/mol. The number of H-pyrrole nitrogens is 1. The summed E-state index contributed by atoms with van der Waals surface area (Å²) in [5, 5.41) is 7.65. The number of aryl methyl sites for hydroxylation is 1. The van der Waals surface area contributed by atoms with Crippen LogP contribution in [-0.4, -0.2) is 33.4 Å². The van der Waals surface area contributed by atoms with E-state index in [1.165, 1.54) is 36.6 Å². The number of aromatic nitrogens is 3. The highest BCUT2D eigenvalue weighted by Gasteiger charge is 2.15. The van der Waals surface area contributed by atoms with Crippen LogP contribution in [0.15, 0.2) is 36.5 Å². The molecule has 1 saturated carbocycles. The van der Waals surface area contributed by atoms with Crippen molar-refractivity contribution in [3.05, 3.63) is 53.5 Å². The molecule has 0 bridgehead atoms. The van der Waals surface area contributed by atoms with Gasteiger partial charge in [-0.3, -0.25) is 4.79 Å². The molecule has 4 rings (SSSR count). The Morgan fingerprint density at radius 1 is 1.14 bits per heavy atom. The number of hydrogen-bond acceptors (Lipinski definition) is 4. The van der Waals surface area contributed by atoms with Gasteiger partial charge in [-0.1, -0.05) is 43.9 Å². The minimum atomic E-state index is -0.153. The second kappa shape index (κ2) is 9.07. The maximum absolute atomic E-state index is 12.7. The normalized spacial score (nSPS) is 15.2. The molecule has 0 atom stereocenters. The van der Waals surface area contributed by atoms with Crippen molar-refractivity contribution in [2.24, 2.45) is 0 Å². The molecule has 2 aromatic heterocycles. The van der Waals surface area contributed by atoms with Crippen molar-refractivity contribution in [1.29, 1.82) is 0 Å². The van der Waals surface area contributed by atoms with E-state index in [0.717, 1.165) is 30.5 Å². The van der Waals surface area contributed by atoms with Crippen LogP contribution in [0.5, 0.6) is 0 Å². The molecule has 29 heavy (non-hydrogen) atoms. The van der Waals surface area contributed by atoms with Gasteiger partial charge in [0.2, 0.25) is 5.95 Å². The third kappa shape index (κ3) is 4.94. The summed E-state index contributed by atoms with van der Waals surface area (Å²) in [6.45, 7) is 2.47. The Balaban J connectivity index is 1.37. The molecule has 1 aromatic carbocycles. The van der Waals surface area contributed by atoms with Crippen LogP contribution in [0.25, 0.3) is 10.9 Å². The average Bonchev–Trinajstić information content (AvgIpc) is 2.95. The highest BCUT2D eigenvalue weighted by Crippen LogP contribution is 2.20. The lowest BCUT2D eigenvalue weighted by molar-refractivity contribution is 0.0949. The Morgan fingerprint density at radius 2 is 1.93 bits per heavy atom. The summed E-state index contributed by atoms with van der Waals surface area (Å²) >= 11 is 0. The third-order valence-corrected chi connectivity index (χ3v) is 5.63. The fraction of sp³-hybridized carbons (Fsp3) is 0.435. The molecule has 1 amide bonds. The first-order valence-corrected chi connectivity index (χ1v) is 10.6. The van der Waals surface area contributed by atoms with Crippen molar-refractivity contribution in [3.8, 4) is 0 Å². The number of nitrogens with one attached hydrogen (secondary N) is 3. The fourth-order valence-corrected chi connectivity index (χ4v) is 4.10. The summed E-state index contributed by atoms with van der Waals surface area (Å²) < 4.78 is 0. The number of anilines is 1. The monoisotopic (exact) mass is 391 g/mol. The zero-order valence-electron chi connectivity index (χ0n) is 17.0. The Bertz CT molecular complexity index is 972. The quantitative estimate of drug-likeness (QED) is 0.545. The number of hydrogen-bond donors (Lipinski definition) is 3. The summed E-state index contributed by atoms with van der Waals surface area (Å²) in [5.74, 6) is 0.415. The Labute approximate surface area is 171 Å². The summed E-state index contributed by atoms with van der Waals surface area (Å²) in [5.41, 5.74) is 3.55. The number of nitrogens with zero attached hydrogens (tertiary/aromatic N) is 2. The third-order valence-electron chi connectivity index (χ3n) is 5.63. The van der Waals surface area contributed by atoms with Gasteiger partial charge in [-0.2, -0.15) is 0 Å². The van der Waals surface area contributed by atoms with Crippen molar-refractivity contribution in [2.45, 2.75) is 57.9 Å². The van der Waals surface area contributed by atoms with Crippen LogP contribution in [0.2, 0.25) is 0 Å². The van der Waals surface area contributed by atoms with E-state index in [2.05, 4.69) is 37.7 Å². The lowest BCUT2D eigenvalue weighted by Crippen LogP contribution is -2.28. The topological polar surface area (TPSA) is 82.7 Å². The summed E-state index contributed by atoms with van der Waals surface area (Å²) in [6.07, 6.45) is 10.2. The van der Waals surface area contributed by atoms with Gasteiger partial charge in [0, 0.05) is 35.4 Å². The smallest absolute Gasteiger partial charge is 0.270 e. The van der Waals surface area contributed by atoms with E-state index in [1.807, 2.05) is 25.3 Å². The first-order valence-electron chi connectivity index (χ1n) is 10.6. The first kappa shape index (κ1) is 19.4. The zero-order chi connectivity index (χ0) is 20.1. The minimum absolute atomic E-state index is 0.153. The van der Waals surface area contributed by atoms with Gasteiger partial charge in [-0.05, 0) is 43.9 Å². The summed E-state index contributed by atoms with van der Waals surface area (Å²) in [7, 11) is 0. The number of benzene rings is 1. The van der Waals surface area contributed by atoms with E-state index in [1.54, 1.807) is 6.07 Å². The molecule has 6 heteroatoms. The first-order chi connectivity index (χ1) is 14.2. The number of aromatic amines is 1. The average molecular weight is 392 g/mol. The van der Waals surface area contributed by atoms with Crippen LogP contribution in [0, 0.1) is 6.92 Å². The van der Waals surface area contributed by atoms with Crippen LogP contribution in [-0.2, 0) is 6.42 Å². The number of rotatable bonds is 6. The molecular formula is C23H29N5O. The molecule has 3 N–H and O–H groups in total. The lowest BCUT2D eigenvalue weighted by Gasteiger charge is -2.17. The molecule has 3 aromatic rings. The second-order valence-electron chi connectivity index (χ2n) is 7.92. The number of fused-ring (bicyclic) bond motifs is 1. The van der Waals surface area contributed by atoms with Crippen LogP contribution < -0.4 is 10.6 Å². The molecule has 6 nitrogen and oxygen atoms in total. The van der Waals surface area contributed by atoms with E-state index >= 15 is 0 Å². The van der Waals surface area contributed by atoms with Gasteiger partial charge >= 0.3 is 0 Å². The van der Waals surface area contributed by atoms with Gasteiger partial charge in [0.25, 0.3) is 5.91 Å². The van der Waals surface area contributed by atoms with Gasteiger partial charge in [-0.25, -0.2) is 9.97 Å². The van der Waals surface area contributed by atoms with Crippen LogP contribution >= 0.6 is 0 Å². The molecule has 152 valence electrons. The van der Waals surface area contributed by atoms with Gasteiger partial charge in [0.15, 0.2) is 0 Å². The lowest BCUT2D eigenvalue weighted by atomic mass is 10.1. The van der Waals surface area contributed by atoms with E-state index in [4.69, 9.17) is 0 Å². The van der Waals surface area contributed by atoms with Gasteiger partial charge in [0.1, 0.15) is 5.69 Å². The predicted molar refractivity (Wildman–Crippen MR) is 116 cm³/mol. The standard InChI is InChI=1S/C23H29N5O/c1-16-14-21(28-23(26-16)27-18-8-4-2-3-5-9-18)22(29)24-13-12-17-15-25-20-11-7-6-10-19(17)20/h6-7,10-11,14-15,18,25H,2-5,8-9,12-13H2,1H3,(H,24,29)(H,26,27,28). The van der Waals surface area contributed by atoms with Gasteiger partial charge < -0.3 is 15.6 Å². The fourth-order valence-electron chi connectivity index (χ4n) is 4.10. The molecule has 2 heterocycles. The Kier molecular flexibility index (Phi) is 6.08. The highest BCUT2D eigenvalue weighted by atomic mass is 16.1. The Hall–Kier alpha value is -2.89. The molecule has 0 unspecified atom stereocenters. The van der Waals surface area contributed by atoms with E-state index in [9.17, 15) is 4.79 Å². The Morgan fingerprint density at radius 3 is 2.76 bits per heavy atom.